The molecule has 2 aromatic heterocycles. The second-order valence-electron chi connectivity index (χ2n) is 6.07. The minimum atomic E-state index is -0.679. The quantitative estimate of drug-likeness (QED) is 0.136. The maximum atomic E-state index is 10.7. The molecule has 9 nitrogen and oxygen atoms in total. The van der Waals surface area contributed by atoms with E-state index in [9.17, 15) is 15.2 Å². The van der Waals surface area contributed by atoms with Crippen molar-refractivity contribution in [2.24, 2.45) is 4.99 Å². The number of aromatic nitrogens is 2. The largest absolute Gasteiger partial charge is 0.386 e. The number of benzene rings is 1. The molecule has 0 amide bonds. The highest BCUT2D eigenvalue weighted by atomic mass is 127. The van der Waals surface area contributed by atoms with E-state index in [2.05, 4.69) is 20.7 Å². The first-order valence-electron chi connectivity index (χ1n) is 8.92. The van der Waals surface area contributed by atoms with Crippen molar-refractivity contribution in [2.75, 3.05) is 19.6 Å². The van der Waals surface area contributed by atoms with E-state index in [1.54, 1.807) is 11.3 Å². The number of hydrogen-bond acceptors (Lipinski definition) is 6. The third kappa shape index (κ3) is 6.37. The van der Waals surface area contributed by atoms with Gasteiger partial charge >= 0.3 is 5.69 Å². The molecule has 156 valence electrons. The van der Waals surface area contributed by atoms with E-state index in [1.807, 2.05) is 37.3 Å². The van der Waals surface area contributed by atoms with Gasteiger partial charge in [-0.25, -0.2) is 0 Å². The molecule has 2 heterocycles. The third-order valence-corrected chi connectivity index (χ3v) is 5.22. The monoisotopic (exact) mass is 530 g/mol. The topological polar surface area (TPSA) is 118 Å². The number of aliphatic hydroxyl groups excluding tert-OH is 1. The molecule has 3 rings (SSSR count). The molecule has 1 unspecified atom stereocenters. The average Bonchev–Trinajstić information content (AvgIpc) is 3.32. The second kappa shape index (κ2) is 11.1. The normalized spacial score (nSPS) is 12.4. The Bertz CT molecular complexity index is 940. The molecule has 0 saturated carbocycles. The lowest BCUT2D eigenvalue weighted by molar-refractivity contribution is -0.385. The predicted octanol–water partition coefficient (Wildman–Crippen LogP) is 2.91. The maximum absolute atomic E-state index is 10.7. The molecule has 0 bridgehead atoms. The number of aliphatic imine (C=N–C) groups is 1. The van der Waals surface area contributed by atoms with Gasteiger partial charge in [0.15, 0.2) is 5.96 Å². The molecule has 0 aliphatic rings. The highest BCUT2D eigenvalue weighted by molar-refractivity contribution is 14.0. The summed E-state index contributed by atoms with van der Waals surface area (Å²) >= 11 is 1.56. The molecule has 0 radical (unpaired) electrons. The summed E-state index contributed by atoms with van der Waals surface area (Å²) in [7, 11) is 0. The van der Waals surface area contributed by atoms with Crippen molar-refractivity contribution >= 4 is 57.0 Å². The number of fused-ring (bicyclic) bond motifs is 1. The van der Waals surface area contributed by atoms with Crippen LogP contribution in [0.3, 0.4) is 0 Å². The summed E-state index contributed by atoms with van der Waals surface area (Å²) in [5.41, 5.74) is -0.0352. The molecule has 0 spiro atoms. The van der Waals surface area contributed by atoms with Gasteiger partial charge in [-0.3, -0.25) is 19.8 Å². The number of nitro groups is 1. The van der Waals surface area contributed by atoms with E-state index in [1.165, 1.54) is 17.1 Å². The molecular formula is C18H23IN6O3S. The Labute approximate surface area is 189 Å². The lowest BCUT2D eigenvalue weighted by Crippen LogP contribution is -2.39. The van der Waals surface area contributed by atoms with Gasteiger partial charge in [-0.1, -0.05) is 18.2 Å². The summed E-state index contributed by atoms with van der Waals surface area (Å²) in [4.78, 5) is 15.5. The Hall–Kier alpha value is -2.25. The summed E-state index contributed by atoms with van der Waals surface area (Å²) in [5.74, 6) is 0.573. The molecule has 11 heteroatoms. The van der Waals surface area contributed by atoms with Crippen LogP contribution in [0.25, 0.3) is 10.1 Å². The van der Waals surface area contributed by atoms with Gasteiger partial charge in [0.05, 0.1) is 18.0 Å². The van der Waals surface area contributed by atoms with Crippen molar-refractivity contribution in [1.82, 2.24) is 20.4 Å². The van der Waals surface area contributed by atoms with Gasteiger partial charge in [0.1, 0.15) is 18.5 Å². The third-order valence-electron chi connectivity index (χ3n) is 4.00. The van der Waals surface area contributed by atoms with E-state index in [4.69, 9.17) is 0 Å². The number of rotatable bonds is 8. The van der Waals surface area contributed by atoms with Crippen LogP contribution < -0.4 is 10.6 Å². The van der Waals surface area contributed by atoms with Gasteiger partial charge in [0.2, 0.25) is 0 Å². The molecule has 0 aliphatic carbocycles. The van der Waals surface area contributed by atoms with Crippen LogP contribution in [0.5, 0.6) is 0 Å². The summed E-state index contributed by atoms with van der Waals surface area (Å²) in [6.07, 6.45) is 1.93. The summed E-state index contributed by atoms with van der Waals surface area (Å²) in [5, 5.41) is 32.5. The van der Waals surface area contributed by atoms with Crippen molar-refractivity contribution in [3.8, 4) is 0 Å². The number of aliphatic hydroxyl groups is 1. The number of nitrogens with zero attached hydrogens (tertiary/aromatic N) is 4. The van der Waals surface area contributed by atoms with Crippen LogP contribution in [-0.4, -0.2) is 45.4 Å². The van der Waals surface area contributed by atoms with Crippen LogP contribution in [0, 0.1) is 10.1 Å². The lowest BCUT2D eigenvalue weighted by atomic mass is 10.2. The van der Waals surface area contributed by atoms with E-state index in [-0.39, 0.29) is 36.2 Å². The van der Waals surface area contributed by atoms with Gasteiger partial charge in [-0.2, -0.15) is 5.10 Å². The first kappa shape index (κ1) is 23.0. The highest BCUT2D eigenvalue weighted by Gasteiger charge is 2.12. The predicted molar refractivity (Wildman–Crippen MR) is 125 cm³/mol. The van der Waals surface area contributed by atoms with Gasteiger partial charge in [-0.15, -0.1) is 35.3 Å². The number of hydrogen-bond donors (Lipinski definition) is 3. The molecule has 1 atom stereocenters. The van der Waals surface area contributed by atoms with Gasteiger partial charge in [-0.05, 0) is 24.4 Å². The molecule has 0 saturated heterocycles. The highest BCUT2D eigenvalue weighted by Crippen LogP contribution is 2.29. The number of guanidine groups is 1. The Morgan fingerprint density at radius 3 is 2.90 bits per heavy atom. The van der Waals surface area contributed by atoms with Crippen LogP contribution in [0.1, 0.15) is 17.9 Å². The number of nitrogens with one attached hydrogen (secondary N) is 2. The van der Waals surface area contributed by atoms with E-state index in [0.29, 0.717) is 25.6 Å². The minimum Gasteiger partial charge on any atom is -0.386 e. The maximum Gasteiger partial charge on any atom is 0.306 e. The first-order chi connectivity index (χ1) is 13.6. The van der Waals surface area contributed by atoms with Gasteiger partial charge in [0, 0.05) is 22.7 Å². The second-order valence-corrected chi connectivity index (χ2v) is 7.18. The SMILES string of the molecule is CCNC(=NCC(O)c1cc2ccccc2s1)NCCn1cc([N+](=O)[O-])cn1.I. The Morgan fingerprint density at radius 1 is 1.41 bits per heavy atom. The fraction of sp³-hybridized carbons (Fsp3) is 0.333. The summed E-state index contributed by atoms with van der Waals surface area (Å²) in [6.45, 7) is 3.81. The van der Waals surface area contributed by atoms with Crippen LogP contribution >= 0.6 is 35.3 Å². The fourth-order valence-corrected chi connectivity index (χ4v) is 3.68. The Balaban J connectivity index is 0.00000300. The zero-order chi connectivity index (χ0) is 19.9. The number of halogens is 1. The lowest BCUT2D eigenvalue weighted by Gasteiger charge is -2.12. The van der Waals surface area contributed by atoms with Crippen LogP contribution in [-0.2, 0) is 6.54 Å². The van der Waals surface area contributed by atoms with Crippen molar-refractivity contribution in [2.45, 2.75) is 19.6 Å². The molecular weight excluding hydrogens is 507 g/mol. The van der Waals surface area contributed by atoms with Crippen LogP contribution in [0.4, 0.5) is 5.69 Å². The van der Waals surface area contributed by atoms with E-state index in [0.717, 1.165) is 15.0 Å². The van der Waals surface area contributed by atoms with Crippen LogP contribution in [0.2, 0.25) is 0 Å². The van der Waals surface area contributed by atoms with Crippen molar-refractivity contribution < 1.29 is 10.0 Å². The zero-order valence-corrected chi connectivity index (χ0v) is 19.0. The molecule has 3 N–H and O–H groups in total. The van der Waals surface area contributed by atoms with E-state index >= 15 is 0 Å². The molecule has 1 aromatic carbocycles. The Kier molecular flexibility index (Phi) is 8.79. The van der Waals surface area contributed by atoms with Crippen molar-refractivity contribution in [1.29, 1.82) is 0 Å². The van der Waals surface area contributed by atoms with Crippen molar-refractivity contribution in [3.63, 3.8) is 0 Å². The molecule has 29 heavy (non-hydrogen) atoms. The standard InChI is InChI=1S/C18H22N6O3S.HI/c1-2-19-18(20-7-8-23-12-14(10-22-23)24(26)27)21-11-15(25)17-9-13-5-3-4-6-16(13)28-17;/h3-6,9-10,12,15,25H,2,7-8,11H2,1H3,(H2,19,20,21);1H. The molecule has 0 fully saturated rings. The minimum absolute atomic E-state index is 0. The van der Waals surface area contributed by atoms with Crippen molar-refractivity contribution in [3.05, 3.63) is 57.7 Å². The average molecular weight is 530 g/mol. The number of thiophene rings is 1. The molecule has 0 aliphatic heterocycles. The summed E-state index contributed by atoms with van der Waals surface area (Å²) in [6, 6.07) is 10.0. The van der Waals surface area contributed by atoms with Crippen LogP contribution in [0.15, 0.2) is 47.7 Å². The smallest absolute Gasteiger partial charge is 0.306 e. The zero-order valence-electron chi connectivity index (χ0n) is 15.8. The molecule has 3 aromatic rings. The fourth-order valence-electron chi connectivity index (χ4n) is 2.63. The van der Waals surface area contributed by atoms with Gasteiger partial charge < -0.3 is 15.7 Å². The van der Waals surface area contributed by atoms with E-state index < -0.39 is 11.0 Å². The van der Waals surface area contributed by atoms with Gasteiger partial charge in [0.25, 0.3) is 0 Å². The first-order valence-corrected chi connectivity index (χ1v) is 9.74. The Morgan fingerprint density at radius 2 is 2.21 bits per heavy atom. The summed E-state index contributed by atoms with van der Waals surface area (Å²) < 4.78 is 2.64.